The van der Waals surface area contributed by atoms with Crippen LogP contribution in [0.25, 0.3) is 0 Å². The first-order valence-electron chi connectivity index (χ1n) is 8.50. The Labute approximate surface area is 154 Å². The Morgan fingerprint density at radius 1 is 1.16 bits per heavy atom. The second-order valence-corrected chi connectivity index (χ2v) is 6.07. The van der Waals surface area contributed by atoms with Gasteiger partial charge >= 0.3 is 0 Å². The van der Waals surface area contributed by atoms with Crippen molar-refractivity contribution >= 4 is 17.5 Å². The predicted molar refractivity (Wildman–Crippen MR) is 100 cm³/mol. The number of ether oxygens (including phenoxy) is 2. The van der Waals surface area contributed by atoms with E-state index in [4.69, 9.17) is 21.1 Å². The minimum Gasteiger partial charge on any atom is -0.494 e. The third kappa shape index (κ3) is 6.31. The molecule has 25 heavy (non-hydrogen) atoms. The molecular formula is C20H24ClNO3. The molecule has 0 unspecified atom stereocenters. The summed E-state index contributed by atoms with van der Waals surface area (Å²) in [6.07, 6.45) is 1.16. The van der Waals surface area contributed by atoms with E-state index < -0.39 is 6.10 Å². The highest BCUT2D eigenvalue weighted by molar-refractivity contribution is 6.32. The minimum atomic E-state index is -0.592. The number of halogens is 1. The van der Waals surface area contributed by atoms with Crippen LogP contribution in [0.3, 0.4) is 0 Å². The summed E-state index contributed by atoms with van der Waals surface area (Å²) in [7, 11) is 0. The zero-order valence-corrected chi connectivity index (χ0v) is 15.4. The number of nitrogens with one attached hydrogen (secondary N) is 1. The molecule has 0 saturated carbocycles. The van der Waals surface area contributed by atoms with E-state index >= 15 is 0 Å². The summed E-state index contributed by atoms with van der Waals surface area (Å²) in [6.45, 7) is 4.94. The van der Waals surface area contributed by atoms with Crippen molar-refractivity contribution in [2.45, 2.75) is 32.8 Å². The molecule has 0 fully saturated rings. The molecule has 4 nitrogen and oxygen atoms in total. The normalized spacial score (nSPS) is 11.6. The first-order valence-corrected chi connectivity index (χ1v) is 8.88. The van der Waals surface area contributed by atoms with Gasteiger partial charge in [0.15, 0.2) is 6.10 Å². The molecule has 2 rings (SSSR count). The molecule has 0 aliphatic carbocycles. The molecule has 0 spiro atoms. The summed E-state index contributed by atoms with van der Waals surface area (Å²) in [5, 5.41) is 3.39. The SMILES string of the molecule is CCOc1ccc(CCCNC(=O)[C@H](C)Oc2ccccc2Cl)cc1. The Bertz CT molecular complexity index is 673. The summed E-state index contributed by atoms with van der Waals surface area (Å²) in [5.41, 5.74) is 1.22. The first kappa shape index (κ1) is 19.1. The number of amides is 1. The summed E-state index contributed by atoms with van der Waals surface area (Å²) >= 11 is 6.03. The predicted octanol–water partition coefficient (Wildman–Crippen LogP) is 4.26. The van der Waals surface area contributed by atoms with Gasteiger partial charge in [0.05, 0.1) is 11.6 Å². The highest BCUT2D eigenvalue weighted by Crippen LogP contribution is 2.24. The summed E-state index contributed by atoms with van der Waals surface area (Å²) in [4.78, 5) is 12.1. The summed E-state index contributed by atoms with van der Waals surface area (Å²) in [6, 6.07) is 15.2. The van der Waals surface area contributed by atoms with Crippen molar-refractivity contribution in [3.63, 3.8) is 0 Å². The van der Waals surface area contributed by atoms with Crippen LogP contribution in [0, 0.1) is 0 Å². The van der Waals surface area contributed by atoms with E-state index in [0.717, 1.165) is 18.6 Å². The fourth-order valence-corrected chi connectivity index (χ4v) is 2.53. The quantitative estimate of drug-likeness (QED) is 0.679. The lowest BCUT2D eigenvalue weighted by atomic mass is 10.1. The van der Waals surface area contributed by atoms with Gasteiger partial charge in [-0.15, -0.1) is 0 Å². The molecule has 0 aromatic heterocycles. The fraction of sp³-hybridized carbons (Fsp3) is 0.350. The number of hydrogen-bond donors (Lipinski definition) is 1. The van der Waals surface area contributed by atoms with Crippen LogP contribution in [-0.2, 0) is 11.2 Å². The van der Waals surface area contributed by atoms with E-state index in [-0.39, 0.29) is 5.91 Å². The van der Waals surface area contributed by atoms with Crippen LogP contribution in [0.4, 0.5) is 0 Å². The molecule has 1 amide bonds. The van der Waals surface area contributed by atoms with Gasteiger partial charge in [-0.1, -0.05) is 35.9 Å². The van der Waals surface area contributed by atoms with E-state index in [2.05, 4.69) is 17.4 Å². The number of carbonyl (C=O) groups is 1. The molecule has 2 aromatic carbocycles. The molecule has 0 heterocycles. The van der Waals surface area contributed by atoms with Crippen LogP contribution >= 0.6 is 11.6 Å². The maximum Gasteiger partial charge on any atom is 0.260 e. The van der Waals surface area contributed by atoms with Gasteiger partial charge in [0.25, 0.3) is 5.91 Å². The van der Waals surface area contributed by atoms with Crippen molar-refractivity contribution < 1.29 is 14.3 Å². The highest BCUT2D eigenvalue weighted by Gasteiger charge is 2.15. The van der Waals surface area contributed by atoms with Crippen molar-refractivity contribution in [1.82, 2.24) is 5.32 Å². The Morgan fingerprint density at radius 2 is 1.88 bits per heavy atom. The van der Waals surface area contributed by atoms with E-state index in [1.807, 2.05) is 31.2 Å². The number of aryl methyl sites for hydroxylation is 1. The van der Waals surface area contributed by atoms with Crippen molar-refractivity contribution in [3.05, 3.63) is 59.1 Å². The second kappa shape index (κ2) is 9.94. The summed E-state index contributed by atoms with van der Waals surface area (Å²) in [5.74, 6) is 1.25. The second-order valence-electron chi connectivity index (χ2n) is 5.66. The van der Waals surface area contributed by atoms with Gasteiger partial charge in [0, 0.05) is 6.54 Å². The average molecular weight is 362 g/mol. The zero-order chi connectivity index (χ0) is 18.1. The van der Waals surface area contributed by atoms with Crippen molar-refractivity contribution in [3.8, 4) is 11.5 Å². The molecule has 0 aliphatic rings. The molecule has 0 saturated heterocycles. The molecule has 5 heteroatoms. The maximum atomic E-state index is 12.1. The van der Waals surface area contributed by atoms with E-state index in [1.165, 1.54) is 5.56 Å². The Kier molecular flexibility index (Phi) is 7.61. The number of carbonyl (C=O) groups excluding carboxylic acids is 1. The monoisotopic (exact) mass is 361 g/mol. The maximum absolute atomic E-state index is 12.1. The van der Waals surface area contributed by atoms with Crippen molar-refractivity contribution in [1.29, 1.82) is 0 Å². The number of hydrogen-bond acceptors (Lipinski definition) is 3. The smallest absolute Gasteiger partial charge is 0.260 e. The van der Waals surface area contributed by atoms with Crippen LogP contribution in [0.2, 0.25) is 5.02 Å². The fourth-order valence-electron chi connectivity index (χ4n) is 2.35. The molecule has 0 aliphatic heterocycles. The van der Waals surface area contributed by atoms with Crippen LogP contribution in [-0.4, -0.2) is 25.2 Å². The van der Waals surface area contributed by atoms with Crippen LogP contribution in [0.1, 0.15) is 25.8 Å². The molecule has 0 bridgehead atoms. The molecule has 0 radical (unpaired) electrons. The zero-order valence-electron chi connectivity index (χ0n) is 14.6. The number of benzene rings is 2. The highest BCUT2D eigenvalue weighted by atomic mass is 35.5. The lowest BCUT2D eigenvalue weighted by molar-refractivity contribution is -0.127. The molecule has 1 atom stereocenters. The van der Waals surface area contributed by atoms with Gasteiger partial charge in [0.1, 0.15) is 11.5 Å². The lowest BCUT2D eigenvalue weighted by Gasteiger charge is -2.15. The third-order valence-electron chi connectivity index (χ3n) is 3.69. The number of rotatable bonds is 9. The largest absolute Gasteiger partial charge is 0.494 e. The molecule has 2 aromatic rings. The molecule has 1 N–H and O–H groups in total. The Hall–Kier alpha value is -2.20. The first-order chi connectivity index (χ1) is 12.1. The standard InChI is InChI=1S/C20H24ClNO3/c1-3-24-17-12-10-16(11-13-17)7-6-14-22-20(23)15(2)25-19-9-5-4-8-18(19)21/h4-5,8-13,15H,3,6-7,14H2,1-2H3,(H,22,23)/t15-/m0/s1. The van der Waals surface area contributed by atoms with Gasteiger partial charge in [-0.25, -0.2) is 0 Å². The molecule has 134 valence electrons. The van der Waals surface area contributed by atoms with Gasteiger partial charge in [-0.3, -0.25) is 4.79 Å². The Balaban J connectivity index is 1.70. The topological polar surface area (TPSA) is 47.6 Å². The van der Waals surface area contributed by atoms with Crippen molar-refractivity contribution in [2.24, 2.45) is 0 Å². The number of para-hydroxylation sites is 1. The van der Waals surface area contributed by atoms with Gasteiger partial charge in [-0.2, -0.15) is 0 Å². The van der Waals surface area contributed by atoms with Gasteiger partial charge < -0.3 is 14.8 Å². The van der Waals surface area contributed by atoms with Gasteiger partial charge in [-0.05, 0) is 56.5 Å². The lowest BCUT2D eigenvalue weighted by Crippen LogP contribution is -2.37. The molecular weight excluding hydrogens is 338 g/mol. The van der Waals surface area contributed by atoms with Crippen molar-refractivity contribution in [2.75, 3.05) is 13.2 Å². The van der Waals surface area contributed by atoms with E-state index in [0.29, 0.717) is 23.9 Å². The minimum absolute atomic E-state index is 0.147. The summed E-state index contributed by atoms with van der Waals surface area (Å²) < 4.78 is 11.0. The van der Waals surface area contributed by atoms with E-state index in [1.54, 1.807) is 19.1 Å². The Morgan fingerprint density at radius 3 is 2.56 bits per heavy atom. The van der Waals surface area contributed by atoms with Crippen LogP contribution in [0.15, 0.2) is 48.5 Å². The third-order valence-corrected chi connectivity index (χ3v) is 4.00. The van der Waals surface area contributed by atoms with Crippen LogP contribution in [0.5, 0.6) is 11.5 Å². The van der Waals surface area contributed by atoms with Crippen LogP contribution < -0.4 is 14.8 Å². The van der Waals surface area contributed by atoms with Gasteiger partial charge in [0.2, 0.25) is 0 Å². The average Bonchev–Trinajstić information content (AvgIpc) is 2.62. The van der Waals surface area contributed by atoms with E-state index in [9.17, 15) is 4.79 Å².